The number of likely N-dealkylation sites (N-methyl/N-ethyl adjacent to an activating group) is 1. The molecule has 0 spiro atoms. The fourth-order valence-corrected chi connectivity index (χ4v) is 2.78. The van der Waals surface area contributed by atoms with Crippen molar-refractivity contribution in [3.8, 4) is 11.8 Å². The Hall–Kier alpha value is -3.67. The van der Waals surface area contributed by atoms with E-state index in [1.807, 2.05) is 6.07 Å². The summed E-state index contributed by atoms with van der Waals surface area (Å²) in [5, 5.41) is 13.8. The molecule has 0 bridgehead atoms. The van der Waals surface area contributed by atoms with Gasteiger partial charge in [0.15, 0.2) is 0 Å². The third-order valence-corrected chi connectivity index (χ3v) is 4.22. The van der Waals surface area contributed by atoms with Crippen LogP contribution in [0.4, 0.5) is 21.5 Å². The van der Waals surface area contributed by atoms with Gasteiger partial charge in [0.05, 0.1) is 43.6 Å². The van der Waals surface area contributed by atoms with Crippen molar-refractivity contribution in [1.82, 2.24) is 9.88 Å². The maximum atomic E-state index is 14.2. The minimum Gasteiger partial charge on any atom is -0.492 e. The van der Waals surface area contributed by atoms with Crippen molar-refractivity contribution in [3.05, 3.63) is 65.0 Å². The molecule has 33 heavy (non-hydrogen) atoms. The summed E-state index contributed by atoms with van der Waals surface area (Å²) >= 11 is 5.83. The Morgan fingerprint density at radius 1 is 1.52 bits per heavy atom. The first-order valence-electron chi connectivity index (χ1n) is 15.5. The number of hydrogen-bond acceptors (Lipinski definition) is 6. The molecule has 3 rings (SSSR count). The first-order chi connectivity index (χ1) is 21.0. The number of ether oxygens (including phenoxy) is 1. The number of aromatic nitrogens is 1. The molecule has 3 aromatic rings. The minimum absolute atomic E-state index is 0.00457. The van der Waals surface area contributed by atoms with Gasteiger partial charge in [-0.3, -0.25) is 9.78 Å². The van der Waals surface area contributed by atoms with E-state index in [9.17, 15) is 14.4 Å². The first-order valence-corrected chi connectivity index (χ1v) is 9.38. The number of nitrogens with one attached hydrogen (secondary N) is 2. The lowest BCUT2D eigenvalue weighted by Gasteiger charge is -2.16. The number of halogens is 2. The molecular weight excluding hydrogens is 445 g/mol. The van der Waals surface area contributed by atoms with E-state index >= 15 is 0 Å². The summed E-state index contributed by atoms with van der Waals surface area (Å²) in [6, 6.07) is -0.475. The van der Waals surface area contributed by atoms with Gasteiger partial charge >= 0.3 is 0 Å². The average molecular weight is 481 g/mol. The van der Waals surface area contributed by atoms with Gasteiger partial charge in [-0.2, -0.15) is 5.26 Å². The fraction of sp³-hybridized carbons (Fsp3) is 0.208. The third kappa shape index (κ3) is 5.98. The second kappa shape index (κ2) is 10.8. The van der Waals surface area contributed by atoms with Crippen LogP contribution in [0, 0.1) is 17.1 Å². The van der Waals surface area contributed by atoms with Crippen LogP contribution >= 0.6 is 11.6 Å². The molecule has 0 aliphatic heterocycles. The van der Waals surface area contributed by atoms with Crippen molar-refractivity contribution in [2.24, 2.45) is 0 Å². The molecule has 0 saturated heterocycles. The Balaban J connectivity index is 2.21. The Morgan fingerprint density at radius 2 is 2.33 bits per heavy atom. The van der Waals surface area contributed by atoms with Crippen molar-refractivity contribution >= 4 is 45.5 Å². The third-order valence-electron chi connectivity index (χ3n) is 3.96. The Kier molecular flexibility index (Phi) is 3.91. The molecule has 0 atom stereocenters. The zero-order valence-electron chi connectivity index (χ0n) is 29.9. The number of fused-ring (bicyclic) bond motifs is 1. The quantitative estimate of drug-likeness (QED) is 0.436. The van der Waals surface area contributed by atoms with Crippen molar-refractivity contribution in [1.29, 1.82) is 5.26 Å². The van der Waals surface area contributed by atoms with Gasteiger partial charge in [-0.25, -0.2) is 4.39 Å². The predicted octanol–water partition coefficient (Wildman–Crippen LogP) is 5.10. The van der Waals surface area contributed by atoms with E-state index in [4.69, 9.17) is 34.2 Å². The van der Waals surface area contributed by atoms with Crippen molar-refractivity contribution in [3.63, 3.8) is 0 Å². The number of hydrogen-bond donors (Lipinski definition) is 2. The largest absolute Gasteiger partial charge is 0.492 e. The van der Waals surface area contributed by atoms with Crippen LogP contribution in [0.5, 0.6) is 5.75 Å². The second-order valence-corrected chi connectivity index (χ2v) is 6.55. The zero-order chi connectivity index (χ0) is 35.1. The zero-order valence-corrected chi connectivity index (χ0v) is 17.6. The highest BCUT2D eigenvalue weighted by Gasteiger charge is 2.15. The molecule has 7 nitrogen and oxygen atoms in total. The highest BCUT2D eigenvalue weighted by Crippen LogP contribution is 2.36. The van der Waals surface area contributed by atoms with Crippen molar-refractivity contribution in [2.45, 2.75) is 6.92 Å². The standard InChI is InChI=1S/C24H23ClFN5O2/c1-4-33-22-12-20-17(11-21(22)30-23(32)6-5-9-31(2)3)24(15(13-27)14-28-20)29-16-7-8-19(26)18(25)10-16/h5-8,10-12,14H,4,9H2,1-3H3,(H,28,29)(H,30,32)/b6-5+/i2D3,3D3,4D2,5D,6D,7D,8D,10D. The summed E-state index contributed by atoms with van der Waals surface area (Å²) in [6.45, 7) is -8.87. The molecule has 0 unspecified atom stereocenters. The first kappa shape index (κ1) is 12.0. The summed E-state index contributed by atoms with van der Waals surface area (Å²) in [6.07, 6.45) is 1.08. The summed E-state index contributed by atoms with van der Waals surface area (Å²) in [5.74, 6) is -3.02. The van der Waals surface area contributed by atoms with Crippen LogP contribution in [0.2, 0.25) is 5.02 Å². The van der Waals surface area contributed by atoms with Gasteiger partial charge < -0.3 is 20.3 Å². The van der Waals surface area contributed by atoms with E-state index in [1.165, 1.54) is 0 Å². The highest BCUT2D eigenvalue weighted by molar-refractivity contribution is 6.31. The molecule has 0 aliphatic rings. The molecule has 0 aliphatic carbocycles. The summed E-state index contributed by atoms with van der Waals surface area (Å²) in [7, 11) is 0. The van der Waals surface area contributed by atoms with Crippen LogP contribution in [0.3, 0.4) is 0 Å². The molecule has 2 N–H and O–H groups in total. The van der Waals surface area contributed by atoms with Crippen LogP contribution in [-0.2, 0) is 4.79 Å². The number of anilines is 3. The lowest BCUT2D eigenvalue weighted by atomic mass is 10.1. The summed E-state index contributed by atoms with van der Waals surface area (Å²) < 4.78 is 120. The molecule has 170 valence electrons. The maximum Gasteiger partial charge on any atom is 0.248 e. The number of pyridine rings is 1. The molecular formula is C24H23ClFN5O2. The Bertz CT molecular complexity index is 1740. The van der Waals surface area contributed by atoms with Crippen LogP contribution in [-0.4, -0.2) is 42.8 Å². The molecule has 0 radical (unpaired) electrons. The molecule has 0 saturated carbocycles. The predicted molar refractivity (Wildman–Crippen MR) is 129 cm³/mol. The molecule has 1 heterocycles. The average Bonchev–Trinajstić information content (AvgIpc) is 2.93. The van der Waals surface area contributed by atoms with Crippen LogP contribution in [0.15, 0.2) is 48.6 Å². The maximum absolute atomic E-state index is 14.2. The SMILES string of the molecule is [2H]/C(CN(C([2H])([2H])[2H])C([2H])([2H])[2H])=C(/[2H])C(=O)Nc1cc2c(Nc3c([2H])c([2H])c(F)c(Cl)c3[2H])c(C#N)cnc2cc1OC([2H])([2H])C. The van der Waals surface area contributed by atoms with Gasteiger partial charge in [-0.1, -0.05) is 17.7 Å². The summed E-state index contributed by atoms with van der Waals surface area (Å²) in [5.41, 5.74) is -1.17. The fourth-order valence-electron chi connectivity index (χ4n) is 2.64. The van der Waals surface area contributed by atoms with E-state index in [1.54, 1.807) is 0 Å². The van der Waals surface area contributed by atoms with Crippen LogP contribution < -0.4 is 15.4 Å². The smallest absolute Gasteiger partial charge is 0.248 e. The van der Waals surface area contributed by atoms with E-state index < -0.39 is 79.7 Å². The summed E-state index contributed by atoms with van der Waals surface area (Å²) in [4.78, 5) is 17.1. The van der Waals surface area contributed by atoms with Gasteiger partial charge in [-0.05, 0) is 45.1 Å². The normalized spacial score (nSPS) is 18.6. The number of carbonyl (C=O) groups excluding carboxylic acids is 1. The van der Waals surface area contributed by atoms with Gasteiger partial charge in [0.2, 0.25) is 5.91 Å². The van der Waals surface area contributed by atoms with Gasteiger partial charge in [0.1, 0.15) is 17.6 Å². The lowest BCUT2D eigenvalue weighted by Crippen LogP contribution is -2.13. The van der Waals surface area contributed by atoms with E-state index in [0.717, 1.165) is 25.3 Å². The topological polar surface area (TPSA) is 90.3 Å². The molecule has 1 amide bonds. The van der Waals surface area contributed by atoms with Gasteiger partial charge in [0, 0.05) is 44.2 Å². The Morgan fingerprint density at radius 3 is 3.06 bits per heavy atom. The molecule has 9 heteroatoms. The number of benzene rings is 2. The lowest BCUT2D eigenvalue weighted by molar-refractivity contribution is -0.111. The highest BCUT2D eigenvalue weighted by atomic mass is 35.5. The Labute approximate surface area is 214 Å². The van der Waals surface area contributed by atoms with Crippen molar-refractivity contribution < 1.29 is 31.7 Å². The second-order valence-electron chi connectivity index (χ2n) is 6.18. The van der Waals surface area contributed by atoms with Crippen LogP contribution in [0.1, 0.15) is 30.3 Å². The van der Waals surface area contributed by atoms with Gasteiger partial charge in [-0.15, -0.1) is 0 Å². The number of amides is 1. The monoisotopic (exact) mass is 480 g/mol. The minimum atomic E-state index is -3.21. The number of rotatable bonds is 8. The number of nitriles is 1. The molecule has 1 aromatic heterocycles. The molecule has 0 fully saturated rings. The number of carbonyl (C=O) groups is 1. The molecule has 2 aromatic carbocycles. The van der Waals surface area contributed by atoms with E-state index in [0.29, 0.717) is 0 Å². The van der Waals surface area contributed by atoms with Gasteiger partial charge in [0.25, 0.3) is 0 Å². The van der Waals surface area contributed by atoms with Crippen molar-refractivity contribution in [2.75, 3.05) is 37.7 Å². The van der Waals surface area contributed by atoms with E-state index in [-0.39, 0.29) is 38.5 Å². The van der Waals surface area contributed by atoms with E-state index in [2.05, 4.69) is 15.6 Å². The number of nitrogens with zero attached hydrogens (tertiary/aromatic N) is 3. The van der Waals surface area contributed by atoms with Crippen LogP contribution in [0.25, 0.3) is 10.9 Å².